The van der Waals surface area contributed by atoms with Crippen LogP contribution in [0.2, 0.25) is 5.02 Å². The first-order valence-electron chi connectivity index (χ1n) is 6.76. The zero-order valence-electron chi connectivity index (χ0n) is 11.8. The lowest BCUT2D eigenvalue weighted by atomic mass is 9.92. The van der Waals surface area contributed by atoms with Gasteiger partial charge in [0.05, 0.1) is 12.0 Å². The van der Waals surface area contributed by atoms with Crippen LogP contribution >= 0.6 is 11.6 Å². The molecule has 0 aromatic heterocycles. The average molecular weight is 303 g/mol. The van der Waals surface area contributed by atoms with E-state index in [0.29, 0.717) is 16.3 Å². The summed E-state index contributed by atoms with van der Waals surface area (Å²) in [6, 6.07) is 8.61. The number of rotatable bonds is 1. The molecular weight excluding hydrogens is 288 g/mol. The van der Waals surface area contributed by atoms with Crippen LogP contribution in [0, 0.1) is 13.8 Å². The fraction of sp³-hybridized carbons (Fsp3) is 0.235. The van der Waals surface area contributed by atoms with Crippen molar-refractivity contribution >= 4 is 17.4 Å². The number of halogens is 1. The molecule has 1 atom stereocenters. The Morgan fingerprint density at radius 2 is 2.05 bits per heavy atom. The number of phenols is 1. The summed E-state index contributed by atoms with van der Waals surface area (Å²) in [7, 11) is 0. The topological polar surface area (TPSA) is 46.5 Å². The van der Waals surface area contributed by atoms with E-state index in [2.05, 4.69) is 0 Å². The molecule has 0 spiro atoms. The van der Waals surface area contributed by atoms with Gasteiger partial charge in [0, 0.05) is 5.02 Å². The van der Waals surface area contributed by atoms with Gasteiger partial charge in [0.15, 0.2) is 5.78 Å². The Bertz CT molecular complexity index is 737. The van der Waals surface area contributed by atoms with E-state index < -0.39 is 0 Å². The van der Waals surface area contributed by atoms with Crippen LogP contribution < -0.4 is 4.74 Å². The highest BCUT2D eigenvalue weighted by atomic mass is 35.5. The molecule has 1 heterocycles. The van der Waals surface area contributed by atoms with Crippen molar-refractivity contribution in [1.82, 2.24) is 0 Å². The molecule has 3 rings (SSSR count). The Balaban J connectivity index is 2.05. The standard InChI is InChI=1S/C17H15ClO3/c1-9-6-15-16(10(2)17(9)18)13(20)8-14(21-15)11-4-3-5-12(19)7-11/h3-7,14,19H,8H2,1-2H3. The minimum absolute atomic E-state index is 0.0176. The monoisotopic (exact) mass is 302 g/mol. The van der Waals surface area contributed by atoms with E-state index in [0.717, 1.165) is 16.7 Å². The van der Waals surface area contributed by atoms with Crippen LogP contribution in [0.5, 0.6) is 11.5 Å². The van der Waals surface area contributed by atoms with Crippen molar-refractivity contribution in [3.8, 4) is 11.5 Å². The minimum atomic E-state index is -0.378. The number of hydrogen-bond donors (Lipinski definition) is 1. The smallest absolute Gasteiger partial charge is 0.170 e. The highest BCUT2D eigenvalue weighted by Gasteiger charge is 2.30. The molecule has 2 aromatic carbocycles. The fourth-order valence-electron chi connectivity index (χ4n) is 2.74. The average Bonchev–Trinajstić information content (AvgIpc) is 2.44. The number of benzene rings is 2. The summed E-state index contributed by atoms with van der Waals surface area (Å²) in [5.41, 5.74) is 3.02. The van der Waals surface area contributed by atoms with E-state index in [1.165, 1.54) is 0 Å². The summed E-state index contributed by atoms with van der Waals surface area (Å²) >= 11 is 6.21. The maximum Gasteiger partial charge on any atom is 0.170 e. The molecule has 1 N–H and O–H groups in total. The molecule has 4 heteroatoms. The van der Waals surface area contributed by atoms with E-state index in [-0.39, 0.29) is 24.1 Å². The zero-order chi connectivity index (χ0) is 15.1. The number of Topliss-reactive ketones (excluding diaryl/α,β-unsaturated/α-hetero) is 1. The van der Waals surface area contributed by atoms with Crippen LogP contribution in [-0.2, 0) is 0 Å². The second kappa shape index (κ2) is 5.08. The summed E-state index contributed by atoms with van der Waals surface area (Å²) in [6.07, 6.45) is -0.131. The van der Waals surface area contributed by atoms with Gasteiger partial charge < -0.3 is 9.84 Å². The summed E-state index contributed by atoms with van der Waals surface area (Å²) in [6.45, 7) is 3.73. The van der Waals surface area contributed by atoms with Crippen molar-refractivity contribution < 1.29 is 14.6 Å². The number of aromatic hydroxyl groups is 1. The highest BCUT2D eigenvalue weighted by Crippen LogP contribution is 2.40. The van der Waals surface area contributed by atoms with Crippen molar-refractivity contribution in [2.75, 3.05) is 0 Å². The third-order valence-electron chi connectivity index (χ3n) is 3.81. The van der Waals surface area contributed by atoms with Crippen LogP contribution in [0.4, 0.5) is 0 Å². The van der Waals surface area contributed by atoms with Gasteiger partial charge in [0.2, 0.25) is 0 Å². The first-order valence-corrected chi connectivity index (χ1v) is 7.13. The Morgan fingerprint density at radius 1 is 1.29 bits per heavy atom. The lowest BCUT2D eigenvalue weighted by Gasteiger charge is -2.27. The van der Waals surface area contributed by atoms with E-state index in [1.54, 1.807) is 24.3 Å². The van der Waals surface area contributed by atoms with Gasteiger partial charge in [-0.1, -0.05) is 23.7 Å². The molecule has 108 valence electrons. The molecule has 0 aliphatic carbocycles. The van der Waals surface area contributed by atoms with Crippen molar-refractivity contribution in [2.45, 2.75) is 26.4 Å². The van der Waals surface area contributed by atoms with E-state index in [4.69, 9.17) is 16.3 Å². The van der Waals surface area contributed by atoms with Gasteiger partial charge >= 0.3 is 0 Å². The van der Waals surface area contributed by atoms with E-state index >= 15 is 0 Å². The molecule has 2 aromatic rings. The number of carbonyl (C=O) groups is 1. The first-order chi connectivity index (χ1) is 9.97. The first kappa shape index (κ1) is 14.0. The summed E-state index contributed by atoms with van der Waals surface area (Å²) < 4.78 is 5.97. The molecule has 3 nitrogen and oxygen atoms in total. The lowest BCUT2D eigenvalue weighted by molar-refractivity contribution is 0.0848. The van der Waals surface area contributed by atoms with Gasteiger partial charge in [-0.25, -0.2) is 0 Å². The predicted octanol–water partition coefficient (Wildman–Crippen LogP) is 4.37. The quantitative estimate of drug-likeness (QED) is 0.851. The molecule has 1 aliphatic rings. The SMILES string of the molecule is Cc1cc2c(c(C)c1Cl)C(=O)CC(c1cccc(O)c1)O2. The van der Waals surface area contributed by atoms with Gasteiger partial charge in [0.1, 0.15) is 17.6 Å². The molecule has 0 amide bonds. The van der Waals surface area contributed by atoms with Crippen molar-refractivity contribution in [3.05, 3.63) is 57.6 Å². The number of carbonyl (C=O) groups excluding carboxylic acids is 1. The Labute approximate surface area is 128 Å². The normalized spacial score (nSPS) is 17.3. The van der Waals surface area contributed by atoms with Gasteiger partial charge in [-0.15, -0.1) is 0 Å². The predicted molar refractivity (Wildman–Crippen MR) is 81.3 cm³/mol. The van der Waals surface area contributed by atoms with Crippen LogP contribution in [0.15, 0.2) is 30.3 Å². The largest absolute Gasteiger partial charge is 0.508 e. The van der Waals surface area contributed by atoms with Crippen LogP contribution in [0.25, 0.3) is 0 Å². The molecule has 1 unspecified atom stereocenters. The number of ether oxygens (including phenoxy) is 1. The molecular formula is C17H15ClO3. The molecule has 21 heavy (non-hydrogen) atoms. The molecule has 0 saturated carbocycles. The second-order valence-corrected chi connectivity index (χ2v) is 5.71. The van der Waals surface area contributed by atoms with Crippen LogP contribution in [-0.4, -0.2) is 10.9 Å². The highest BCUT2D eigenvalue weighted by molar-refractivity contribution is 6.32. The molecule has 0 radical (unpaired) electrons. The van der Waals surface area contributed by atoms with E-state index in [1.807, 2.05) is 19.9 Å². The number of fused-ring (bicyclic) bond motifs is 1. The number of ketones is 1. The summed E-state index contributed by atoms with van der Waals surface area (Å²) in [5.74, 6) is 0.751. The van der Waals surface area contributed by atoms with Gasteiger partial charge in [-0.05, 0) is 48.7 Å². The summed E-state index contributed by atoms with van der Waals surface area (Å²) in [5, 5.41) is 10.2. The molecule has 1 aliphatic heterocycles. The van der Waals surface area contributed by atoms with E-state index in [9.17, 15) is 9.90 Å². The fourth-order valence-corrected chi connectivity index (χ4v) is 2.89. The van der Waals surface area contributed by atoms with Gasteiger partial charge in [-0.3, -0.25) is 4.79 Å². The molecule has 0 bridgehead atoms. The third-order valence-corrected chi connectivity index (χ3v) is 4.39. The van der Waals surface area contributed by atoms with Crippen LogP contribution in [0.3, 0.4) is 0 Å². The lowest BCUT2D eigenvalue weighted by Crippen LogP contribution is -2.21. The Morgan fingerprint density at radius 3 is 2.76 bits per heavy atom. The van der Waals surface area contributed by atoms with Crippen molar-refractivity contribution in [2.24, 2.45) is 0 Å². The second-order valence-electron chi connectivity index (χ2n) is 5.33. The maximum absolute atomic E-state index is 12.4. The number of aryl methyl sites for hydroxylation is 1. The number of phenolic OH excluding ortho intramolecular Hbond substituents is 1. The van der Waals surface area contributed by atoms with Gasteiger partial charge in [-0.2, -0.15) is 0 Å². The Hall–Kier alpha value is -2.00. The van der Waals surface area contributed by atoms with Crippen LogP contribution in [0.1, 0.15) is 39.6 Å². The zero-order valence-corrected chi connectivity index (χ0v) is 12.6. The minimum Gasteiger partial charge on any atom is -0.508 e. The van der Waals surface area contributed by atoms with Crippen molar-refractivity contribution in [1.29, 1.82) is 0 Å². The molecule has 0 saturated heterocycles. The third kappa shape index (κ3) is 2.38. The number of hydrogen-bond acceptors (Lipinski definition) is 3. The maximum atomic E-state index is 12.4. The Kier molecular flexibility index (Phi) is 3.38. The summed E-state index contributed by atoms with van der Waals surface area (Å²) in [4.78, 5) is 12.4. The van der Waals surface area contributed by atoms with Crippen molar-refractivity contribution in [3.63, 3.8) is 0 Å². The van der Waals surface area contributed by atoms with Gasteiger partial charge in [0.25, 0.3) is 0 Å². The molecule has 0 fully saturated rings.